The second-order valence-corrected chi connectivity index (χ2v) is 8.35. The summed E-state index contributed by atoms with van der Waals surface area (Å²) < 4.78 is 60.2. The van der Waals surface area contributed by atoms with E-state index in [1.54, 1.807) is 19.1 Å². The van der Waals surface area contributed by atoms with Gasteiger partial charge in [-0.05, 0) is 43.5 Å². The maximum atomic E-state index is 13.8. The molecule has 1 heterocycles. The van der Waals surface area contributed by atoms with Crippen molar-refractivity contribution < 1.29 is 26.7 Å². The minimum absolute atomic E-state index is 0.0311. The van der Waals surface area contributed by atoms with Crippen molar-refractivity contribution in [3.8, 4) is 5.75 Å². The average Bonchev–Trinajstić information content (AvgIpc) is 3.16. The molecule has 2 aromatic carbocycles. The lowest BCUT2D eigenvalue weighted by Gasteiger charge is -2.24. The fraction of sp³-hybridized carbons (Fsp3) is 0.316. The van der Waals surface area contributed by atoms with E-state index < -0.39 is 39.3 Å². The second-order valence-electron chi connectivity index (χ2n) is 6.49. The van der Waals surface area contributed by atoms with E-state index in [-0.39, 0.29) is 17.9 Å². The number of halogens is 2. The zero-order valence-corrected chi connectivity index (χ0v) is 16.2. The van der Waals surface area contributed by atoms with Crippen molar-refractivity contribution in [3.05, 3.63) is 53.6 Å². The van der Waals surface area contributed by atoms with E-state index in [0.29, 0.717) is 17.7 Å². The molecule has 1 N–H and O–H groups in total. The molecule has 0 aromatic heterocycles. The molecule has 0 radical (unpaired) electrons. The summed E-state index contributed by atoms with van der Waals surface area (Å²) >= 11 is 0. The predicted molar refractivity (Wildman–Crippen MR) is 99.6 cm³/mol. The molecule has 1 fully saturated rings. The van der Waals surface area contributed by atoms with Crippen LogP contribution in [-0.4, -0.2) is 38.3 Å². The average molecular weight is 410 g/mol. The van der Waals surface area contributed by atoms with Crippen LogP contribution in [-0.2, 0) is 14.8 Å². The third kappa shape index (κ3) is 3.72. The molecule has 2 aromatic rings. The molecule has 0 unspecified atom stereocenters. The van der Waals surface area contributed by atoms with Crippen molar-refractivity contribution in [1.82, 2.24) is 4.31 Å². The van der Waals surface area contributed by atoms with E-state index in [1.807, 2.05) is 0 Å². The number of benzene rings is 2. The van der Waals surface area contributed by atoms with Gasteiger partial charge in [0.05, 0.1) is 12.0 Å². The lowest BCUT2D eigenvalue weighted by atomic mass is 10.2. The van der Waals surface area contributed by atoms with Crippen LogP contribution in [0.15, 0.2) is 41.3 Å². The Morgan fingerprint density at radius 3 is 2.54 bits per heavy atom. The Labute approximate surface area is 162 Å². The van der Waals surface area contributed by atoms with E-state index in [4.69, 9.17) is 4.74 Å². The topological polar surface area (TPSA) is 75.7 Å². The molecule has 6 nitrogen and oxygen atoms in total. The molecule has 1 atom stereocenters. The van der Waals surface area contributed by atoms with Gasteiger partial charge in [0.25, 0.3) is 0 Å². The molecule has 3 rings (SSSR count). The normalized spacial score (nSPS) is 17.5. The van der Waals surface area contributed by atoms with Crippen molar-refractivity contribution in [2.45, 2.75) is 30.7 Å². The van der Waals surface area contributed by atoms with E-state index in [9.17, 15) is 22.0 Å². The van der Waals surface area contributed by atoms with Crippen LogP contribution in [0.25, 0.3) is 0 Å². The van der Waals surface area contributed by atoms with Crippen LogP contribution in [0.3, 0.4) is 0 Å². The van der Waals surface area contributed by atoms with Gasteiger partial charge in [0.1, 0.15) is 29.1 Å². The zero-order chi connectivity index (χ0) is 20.5. The number of nitrogens with one attached hydrogen (secondary N) is 1. The van der Waals surface area contributed by atoms with Crippen LogP contribution in [0.5, 0.6) is 5.75 Å². The van der Waals surface area contributed by atoms with Crippen LogP contribution < -0.4 is 10.1 Å². The molecule has 28 heavy (non-hydrogen) atoms. The summed E-state index contributed by atoms with van der Waals surface area (Å²) in [5.74, 6) is -2.25. The molecule has 1 saturated heterocycles. The highest BCUT2D eigenvalue weighted by Crippen LogP contribution is 2.31. The number of rotatable bonds is 5. The highest BCUT2D eigenvalue weighted by molar-refractivity contribution is 7.89. The standard InChI is InChI=1S/C19H20F2N2O4S/c1-12-8-9-13(27-2)11-17(12)28(25,26)23-10-4-7-16(23)19(24)22-18-14(20)5-3-6-15(18)21/h3,5-6,8-9,11,16H,4,7,10H2,1-2H3,(H,22,24)/t16-/m1/s1. The molecule has 1 aliphatic rings. The first-order valence-corrected chi connectivity index (χ1v) is 10.1. The number of ether oxygens (including phenoxy) is 1. The molecular formula is C19H20F2N2O4S. The lowest BCUT2D eigenvalue weighted by molar-refractivity contribution is -0.119. The molecule has 0 spiro atoms. The fourth-order valence-corrected chi connectivity index (χ4v) is 5.12. The van der Waals surface area contributed by atoms with Crippen molar-refractivity contribution in [1.29, 1.82) is 0 Å². The van der Waals surface area contributed by atoms with E-state index in [0.717, 1.165) is 16.4 Å². The van der Waals surface area contributed by atoms with Crippen LogP contribution in [0.2, 0.25) is 0 Å². The van der Waals surface area contributed by atoms with Crippen LogP contribution in [0.1, 0.15) is 18.4 Å². The monoisotopic (exact) mass is 410 g/mol. The van der Waals surface area contributed by atoms with Gasteiger partial charge in [-0.3, -0.25) is 4.79 Å². The number of carbonyl (C=O) groups excluding carboxylic acids is 1. The highest BCUT2D eigenvalue weighted by atomic mass is 32.2. The summed E-state index contributed by atoms with van der Waals surface area (Å²) in [4.78, 5) is 12.7. The summed E-state index contributed by atoms with van der Waals surface area (Å²) in [6, 6.07) is 6.81. The number of hydrogen-bond donors (Lipinski definition) is 1. The summed E-state index contributed by atoms with van der Waals surface area (Å²) in [7, 11) is -2.58. The Morgan fingerprint density at radius 2 is 1.89 bits per heavy atom. The number of carbonyl (C=O) groups is 1. The van der Waals surface area contributed by atoms with E-state index in [2.05, 4.69) is 5.32 Å². The number of sulfonamides is 1. The van der Waals surface area contributed by atoms with Gasteiger partial charge in [-0.2, -0.15) is 4.31 Å². The van der Waals surface area contributed by atoms with Crippen LogP contribution in [0, 0.1) is 18.6 Å². The molecular weight excluding hydrogens is 390 g/mol. The maximum absolute atomic E-state index is 13.8. The number of aryl methyl sites for hydroxylation is 1. The quantitative estimate of drug-likeness (QED) is 0.822. The van der Waals surface area contributed by atoms with Crippen molar-refractivity contribution >= 4 is 21.6 Å². The maximum Gasteiger partial charge on any atom is 0.244 e. The number of amides is 1. The molecule has 0 bridgehead atoms. The van der Waals surface area contributed by atoms with Gasteiger partial charge in [0.2, 0.25) is 15.9 Å². The number of hydrogen-bond acceptors (Lipinski definition) is 4. The van der Waals surface area contributed by atoms with Crippen LogP contribution in [0.4, 0.5) is 14.5 Å². The van der Waals surface area contributed by atoms with Crippen molar-refractivity contribution in [3.63, 3.8) is 0 Å². The fourth-order valence-electron chi connectivity index (χ4n) is 3.23. The Hall–Kier alpha value is -2.52. The number of nitrogens with zero attached hydrogens (tertiary/aromatic N) is 1. The molecule has 0 saturated carbocycles. The van der Waals surface area contributed by atoms with Gasteiger partial charge in [0, 0.05) is 12.6 Å². The van der Waals surface area contributed by atoms with E-state index in [1.165, 1.54) is 19.2 Å². The smallest absolute Gasteiger partial charge is 0.244 e. The number of para-hydroxylation sites is 1. The first-order chi connectivity index (χ1) is 13.3. The Kier molecular flexibility index (Phi) is 5.66. The SMILES string of the molecule is COc1ccc(C)c(S(=O)(=O)N2CCC[C@@H]2C(=O)Nc2c(F)cccc2F)c1. The molecule has 9 heteroatoms. The minimum atomic E-state index is -4.00. The van der Waals surface area contributed by atoms with Gasteiger partial charge < -0.3 is 10.1 Å². The molecule has 1 amide bonds. The second kappa shape index (κ2) is 7.84. The first kappa shape index (κ1) is 20.2. The minimum Gasteiger partial charge on any atom is -0.497 e. The molecule has 0 aliphatic carbocycles. The Balaban J connectivity index is 1.91. The van der Waals surface area contributed by atoms with Gasteiger partial charge >= 0.3 is 0 Å². The van der Waals surface area contributed by atoms with E-state index >= 15 is 0 Å². The Bertz CT molecular complexity index is 991. The molecule has 150 valence electrons. The number of anilines is 1. The van der Waals surface area contributed by atoms with Gasteiger partial charge in [-0.25, -0.2) is 17.2 Å². The number of methoxy groups -OCH3 is 1. The summed E-state index contributed by atoms with van der Waals surface area (Å²) in [5, 5.41) is 2.19. The van der Waals surface area contributed by atoms with Crippen molar-refractivity contribution in [2.75, 3.05) is 19.0 Å². The first-order valence-electron chi connectivity index (χ1n) is 8.67. The summed E-state index contributed by atoms with van der Waals surface area (Å²) in [6.45, 7) is 1.78. The summed E-state index contributed by atoms with van der Waals surface area (Å²) in [5.41, 5.74) is -0.0821. The predicted octanol–water partition coefficient (Wildman–Crippen LogP) is 3.07. The van der Waals surface area contributed by atoms with Gasteiger partial charge in [-0.1, -0.05) is 12.1 Å². The third-order valence-electron chi connectivity index (χ3n) is 4.70. The largest absolute Gasteiger partial charge is 0.497 e. The lowest BCUT2D eigenvalue weighted by Crippen LogP contribution is -2.43. The van der Waals surface area contributed by atoms with Gasteiger partial charge in [0.15, 0.2) is 0 Å². The Morgan fingerprint density at radius 1 is 1.21 bits per heavy atom. The third-order valence-corrected chi connectivity index (χ3v) is 6.75. The highest BCUT2D eigenvalue weighted by Gasteiger charge is 2.40. The van der Waals surface area contributed by atoms with Crippen molar-refractivity contribution in [2.24, 2.45) is 0 Å². The molecule has 1 aliphatic heterocycles. The van der Waals surface area contributed by atoms with Crippen LogP contribution >= 0.6 is 0 Å². The van der Waals surface area contributed by atoms with Gasteiger partial charge in [-0.15, -0.1) is 0 Å². The summed E-state index contributed by atoms with van der Waals surface area (Å²) in [6.07, 6.45) is 0.713. The zero-order valence-electron chi connectivity index (χ0n) is 15.4.